The average Bonchev–Trinajstić information content (AvgIpc) is 3.89. The van der Waals surface area contributed by atoms with Crippen molar-refractivity contribution >= 4 is 66.1 Å². The third-order valence-corrected chi connectivity index (χ3v) is 9.46. The molecule has 48 heavy (non-hydrogen) atoms. The molecular weight excluding hydrogens is 752 g/mol. The lowest BCUT2D eigenvalue weighted by molar-refractivity contribution is 0.925. The molecule has 0 aliphatic heterocycles. The molecule has 10 nitrogen and oxygen atoms in total. The van der Waals surface area contributed by atoms with E-state index in [1.807, 2.05) is 71.5 Å². The average molecular weight is 781 g/mol. The Hall–Kier alpha value is -4.98. The minimum atomic E-state index is 0.664. The van der Waals surface area contributed by atoms with E-state index in [9.17, 15) is 0 Å². The molecule has 2 N–H and O–H groups in total. The standard InChI is InChI=1S/C19H16BrN5.C16H12BrN5S/c1-13-5-2-3-7-15(13)17-9-18(22-11-14-6-4-8-21-10-14)25-19(24-17)16(20)12-23-25;17-12-10-20-22-15(19-9-11-3-1-5-18-8-11)7-13(21-16(12)22)14-4-2-6-23-14/h2-10,12,22H,11H2,1H3;1-8,10,19H,9H2. The maximum absolute atomic E-state index is 4.78. The highest BCUT2D eigenvalue weighted by Gasteiger charge is 2.14. The van der Waals surface area contributed by atoms with E-state index in [0.29, 0.717) is 13.1 Å². The van der Waals surface area contributed by atoms with Crippen molar-refractivity contribution in [2.75, 3.05) is 10.6 Å². The first-order valence-corrected chi connectivity index (χ1v) is 17.4. The number of nitrogens with zero attached hydrogens (tertiary/aromatic N) is 8. The number of halogens is 2. The van der Waals surface area contributed by atoms with Gasteiger partial charge in [0.2, 0.25) is 0 Å². The van der Waals surface area contributed by atoms with Gasteiger partial charge in [-0.25, -0.2) is 9.97 Å². The van der Waals surface area contributed by atoms with Gasteiger partial charge in [0.25, 0.3) is 0 Å². The van der Waals surface area contributed by atoms with Crippen LogP contribution < -0.4 is 10.6 Å². The molecule has 13 heteroatoms. The summed E-state index contributed by atoms with van der Waals surface area (Å²) in [6.07, 6.45) is 10.8. The smallest absolute Gasteiger partial charge is 0.172 e. The Balaban J connectivity index is 0.000000152. The molecule has 0 saturated heterocycles. The van der Waals surface area contributed by atoms with Crippen LogP contribution in [0.1, 0.15) is 16.7 Å². The van der Waals surface area contributed by atoms with Crippen LogP contribution in [0.3, 0.4) is 0 Å². The normalized spacial score (nSPS) is 11.0. The largest absolute Gasteiger partial charge is 0.366 e. The van der Waals surface area contributed by atoms with Crippen LogP contribution >= 0.6 is 43.2 Å². The van der Waals surface area contributed by atoms with Crippen molar-refractivity contribution in [3.05, 3.63) is 141 Å². The van der Waals surface area contributed by atoms with Crippen molar-refractivity contribution < 1.29 is 0 Å². The Morgan fingerprint density at radius 1 is 0.667 bits per heavy atom. The van der Waals surface area contributed by atoms with Crippen molar-refractivity contribution in [1.29, 1.82) is 0 Å². The second-order valence-electron chi connectivity index (χ2n) is 10.7. The highest BCUT2D eigenvalue weighted by molar-refractivity contribution is 9.11. The highest BCUT2D eigenvalue weighted by Crippen LogP contribution is 2.30. The molecule has 0 atom stereocenters. The number of hydrogen-bond donors (Lipinski definition) is 2. The lowest BCUT2D eigenvalue weighted by Gasteiger charge is -2.12. The summed E-state index contributed by atoms with van der Waals surface area (Å²) in [5, 5.41) is 17.7. The second kappa shape index (κ2) is 14.4. The Kier molecular flexibility index (Phi) is 9.50. The number of benzene rings is 1. The molecular formula is C35H28Br2N10S. The molecule has 7 aromatic heterocycles. The van der Waals surface area contributed by atoms with Gasteiger partial charge in [-0.3, -0.25) is 9.97 Å². The van der Waals surface area contributed by atoms with Crippen molar-refractivity contribution in [2.24, 2.45) is 0 Å². The predicted molar refractivity (Wildman–Crippen MR) is 198 cm³/mol. The van der Waals surface area contributed by atoms with E-state index in [1.165, 1.54) is 5.56 Å². The van der Waals surface area contributed by atoms with Gasteiger partial charge in [-0.05, 0) is 79.1 Å². The first-order chi connectivity index (χ1) is 23.5. The summed E-state index contributed by atoms with van der Waals surface area (Å²) in [6.45, 7) is 3.43. The molecule has 0 aliphatic carbocycles. The molecule has 0 radical (unpaired) electrons. The van der Waals surface area contributed by atoms with Crippen molar-refractivity contribution in [1.82, 2.24) is 39.2 Å². The first kappa shape index (κ1) is 31.6. The molecule has 0 amide bonds. The van der Waals surface area contributed by atoms with Gasteiger partial charge < -0.3 is 10.6 Å². The zero-order valence-corrected chi connectivity index (χ0v) is 29.6. The van der Waals surface area contributed by atoms with Gasteiger partial charge in [-0.15, -0.1) is 11.3 Å². The molecule has 0 unspecified atom stereocenters. The summed E-state index contributed by atoms with van der Waals surface area (Å²) in [4.78, 5) is 18.9. The van der Waals surface area contributed by atoms with Crippen molar-refractivity contribution in [2.45, 2.75) is 20.0 Å². The van der Waals surface area contributed by atoms with E-state index in [4.69, 9.17) is 9.97 Å². The Morgan fingerprint density at radius 2 is 1.25 bits per heavy atom. The van der Waals surface area contributed by atoms with Crippen LogP contribution in [-0.4, -0.2) is 39.2 Å². The van der Waals surface area contributed by atoms with E-state index in [0.717, 1.165) is 64.8 Å². The fraction of sp³-hybridized carbons (Fsp3) is 0.0857. The third-order valence-electron chi connectivity index (χ3n) is 7.45. The summed E-state index contributed by atoms with van der Waals surface area (Å²) < 4.78 is 5.35. The van der Waals surface area contributed by atoms with Crippen LogP contribution in [0.5, 0.6) is 0 Å². The molecule has 238 valence electrons. The van der Waals surface area contributed by atoms with Crippen LogP contribution in [0.4, 0.5) is 11.6 Å². The maximum Gasteiger partial charge on any atom is 0.172 e. The summed E-state index contributed by atoms with van der Waals surface area (Å²) in [6, 6.07) is 24.3. The minimum Gasteiger partial charge on any atom is -0.366 e. The van der Waals surface area contributed by atoms with Gasteiger partial charge >= 0.3 is 0 Å². The Labute approximate surface area is 297 Å². The number of thiophene rings is 1. The zero-order chi connectivity index (χ0) is 32.9. The van der Waals surface area contributed by atoms with E-state index < -0.39 is 0 Å². The fourth-order valence-electron chi connectivity index (χ4n) is 5.06. The summed E-state index contributed by atoms with van der Waals surface area (Å²) in [7, 11) is 0. The molecule has 0 spiro atoms. The van der Waals surface area contributed by atoms with Crippen LogP contribution in [0, 0.1) is 6.92 Å². The number of nitrogens with one attached hydrogen (secondary N) is 2. The molecule has 7 heterocycles. The van der Waals surface area contributed by atoms with Crippen LogP contribution in [0.2, 0.25) is 0 Å². The monoisotopic (exact) mass is 778 g/mol. The number of pyridine rings is 2. The predicted octanol–water partition coefficient (Wildman–Crippen LogP) is 8.70. The number of aromatic nitrogens is 8. The first-order valence-electron chi connectivity index (χ1n) is 15.0. The van der Waals surface area contributed by atoms with Gasteiger partial charge in [0.15, 0.2) is 11.3 Å². The van der Waals surface area contributed by atoms with Gasteiger partial charge in [-0.1, -0.05) is 42.5 Å². The minimum absolute atomic E-state index is 0.664. The van der Waals surface area contributed by atoms with E-state index in [1.54, 1.807) is 40.6 Å². The second-order valence-corrected chi connectivity index (χ2v) is 13.4. The fourth-order valence-corrected chi connectivity index (χ4v) is 6.45. The maximum atomic E-state index is 4.78. The molecule has 8 rings (SSSR count). The number of fused-ring (bicyclic) bond motifs is 2. The van der Waals surface area contributed by atoms with Crippen LogP contribution in [0.15, 0.2) is 124 Å². The molecule has 1 aromatic carbocycles. The van der Waals surface area contributed by atoms with Gasteiger partial charge in [-0.2, -0.15) is 19.2 Å². The topological polar surface area (TPSA) is 110 Å². The lowest BCUT2D eigenvalue weighted by atomic mass is 10.1. The third kappa shape index (κ3) is 6.98. The Morgan fingerprint density at radius 3 is 1.79 bits per heavy atom. The summed E-state index contributed by atoms with van der Waals surface area (Å²) >= 11 is 8.72. The van der Waals surface area contributed by atoms with Crippen molar-refractivity contribution in [3.8, 4) is 21.8 Å². The lowest BCUT2D eigenvalue weighted by Crippen LogP contribution is -2.07. The van der Waals surface area contributed by atoms with Crippen LogP contribution in [-0.2, 0) is 13.1 Å². The van der Waals surface area contributed by atoms with Gasteiger partial charge in [0, 0.05) is 55.6 Å². The van der Waals surface area contributed by atoms with E-state index in [-0.39, 0.29) is 0 Å². The zero-order valence-electron chi connectivity index (χ0n) is 25.6. The molecule has 0 saturated carbocycles. The number of hydrogen-bond acceptors (Lipinski definition) is 9. The number of anilines is 2. The van der Waals surface area contributed by atoms with E-state index >= 15 is 0 Å². The molecule has 0 fully saturated rings. The van der Waals surface area contributed by atoms with Crippen LogP contribution in [0.25, 0.3) is 33.1 Å². The SMILES string of the molecule is Brc1cnn2c(NCc3cccnc3)cc(-c3cccs3)nc12.Cc1ccccc1-c1cc(NCc2cccnc2)n2ncc(Br)c2n1. The molecule has 8 aromatic rings. The van der Waals surface area contributed by atoms with E-state index in [2.05, 4.69) is 93.2 Å². The molecule has 0 bridgehead atoms. The Bertz CT molecular complexity index is 2290. The quantitative estimate of drug-likeness (QED) is 0.158. The summed E-state index contributed by atoms with van der Waals surface area (Å²) in [5.41, 5.74) is 7.95. The summed E-state index contributed by atoms with van der Waals surface area (Å²) in [5.74, 6) is 1.78. The van der Waals surface area contributed by atoms with Gasteiger partial charge in [0.1, 0.15) is 11.6 Å². The highest BCUT2D eigenvalue weighted by atomic mass is 79.9. The number of rotatable bonds is 8. The van der Waals surface area contributed by atoms with Crippen molar-refractivity contribution in [3.63, 3.8) is 0 Å². The number of aryl methyl sites for hydroxylation is 1. The molecule has 0 aliphatic rings. The van der Waals surface area contributed by atoms with Gasteiger partial charge in [0.05, 0.1) is 37.6 Å².